The van der Waals surface area contributed by atoms with Crippen molar-refractivity contribution in [2.45, 2.75) is 0 Å². The first-order valence-corrected chi connectivity index (χ1v) is 13.3. The van der Waals surface area contributed by atoms with Gasteiger partial charge in [0.25, 0.3) is 5.91 Å². The first kappa shape index (κ1) is 26.8. The van der Waals surface area contributed by atoms with Gasteiger partial charge in [0, 0.05) is 11.3 Å². The molecule has 0 radical (unpaired) electrons. The standard InChI is InChI=1S/C28H16BrCl2N3O4S/c29-19-13-15(9-11-23(19)38-27(36)18-6-2-4-8-21(18)31)26-33-22-14-16(10-12-24(22)37-26)32-28(39)34-25(35)17-5-1-3-7-20(17)30/h1-14H,(H2,32,34,35,39). The number of carbonyl (C=O) groups is 2. The monoisotopic (exact) mass is 639 g/mol. The van der Waals surface area contributed by atoms with Gasteiger partial charge >= 0.3 is 5.97 Å². The van der Waals surface area contributed by atoms with E-state index in [-0.39, 0.29) is 10.7 Å². The summed E-state index contributed by atoms with van der Waals surface area (Å²) in [5.41, 5.74) is 2.96. The topological polar surface area (TPSA) is 93.5 Å². The third-order valence-corrected chi connectivity index (χ3v) is 6.95. The van der Waals surface area contributed by atoms with Gasteiger partial charge in [0.1, 0.15) is 11.3 Å². The van der Waals surface area contributed by atoms with Crippen molar-refractivity contribution in [1.82, 2.24) is 10.3 Å². The maximum atomic E-state index is 12.5. The van der Waals surface area contributed by atoms with Crippen molar-refractivity contribution in [3.8, 4) is 17.2 Å². The molecule has 39 heavy (non-hydrogen) atoms. The Hall–Kier alpha value is -3.76. The number of esters is 1. The lowest BCUT2D eigenvalue weighted by atomic mass is 10.2. The summed E-state index contributed by atoms with van der Waals surface area (Å²) < 4.78 is 11.9. The summed E-state index contributed by atoms with van der Waals surface area (Å²) in [6.45, 7) is 0. The molecule has 0 spiro atoms. The number of ether oxygens (including phenoxy) is 1. The second-order valence-corrected chi connectivity index (χ2v) is 10.2. The minimum Gasteiger partial charge on any atom is -0.436 e. The molecule has 2 N–H and O–H groups in total. The third-order valence-electron chi connectivity index (χ3n) is 5.47. The predicted molar refractivity (Wildman–Crippen MR) is 159 cm³/mol. The molecule has 1 aromatic heterocycles. The van der Waals surface area contributed by atoms with E-state index < -0.39 is 11.9 Å². The molecule has 0 saturated carbocycles. The normalized spacial score (nSPS) is 10.7. The molecule has 0 aliphatic carbocycles. The Bertz CT molecular complexity index is 1760. The van der Waals surface area contributed by atoms with Gasteiger partial charge in [0.05, 0.1) is 25.6 Å². The van der Waals surface area contributed by atoms with Crippen LogP contribution in [0.4, 0.5) is 5.69 Å². The maximum Gasteiger partial charge on any atom is 0.345 e. The average Bonchev–Trinajstić information content (AvgIpc) is 3.33. The Labute approximate surface area is 246 Å². The SMILES string of the molecule is O=C(NC(=S)Nc1ccc2oc(-c3ccc(OC(=O)c4ccccc4Cl)c(Br)c3)nc2c1)c1ccccc1Cl. The molecule has 0 bridgehead atoms. The van der Waals surface area contributed by atoms with Crippen LogP contribution in [0, 0.1) is 0 Å². The van der Waals surface area contributed by atoms with E-state index in [1.54, 1.807) is 84.9 Å². The zero-order chi connectivity index (χ0) is 27.5. The second-order valence-electron chi connectivity index (χ2n) is 8.10. The fourth-order valence-electron chi connectivity index (χ4n) is 3.61. The molecule has 0 saturated heterocycles. The van der Waals surface area contributed by atoms with Crippen LogP contribution in [0.25, 0.3) is 22.6 Å². The lowest BCUT2D eigenvalue weighted by molar-refractivity contribution is 0.0733. The van der Waals surface area contributed by atoms with Gasteiger partial charge in [-0.2, -0.15) is 0 Å². The fraction of sp³-hybridized carbons (Fsp3) is 0. The van der Waals surface area contributed by atoms with Crippen LogP contribution in [-0.2, 0) is 0 Å². The van der Waals surface area contributed by atoms with Crippen molar-refractivity contribution in [2.24, 2.45) is 0 Å². The van der Waals surface area contributed by atoms with Crippen LogP contribution in [0.3, 0.4) is 0 Å². The predicted octanol–water partition coefficient (Wildman–Crippen LogP) is 7.91. The van der Waals surface area contributed by atoms with Crippen LogP contribution >= 0.6 is 51.3 Å². The van der Waals surface area contributed by atoms with Gasteiger partial charge in [-0.3, -0.25) is 10.1 Å². The maximum absolute atomic E-state index is 12.5. The Balaban J connectivity index is 1.29. The van der Waals surface area contributed by atoms with Gasteiger partial charge in [0.2, 0.25) is 5.89 Å². The number of anilines is 1. The molecular formula is C28H16BrCl2N3O4S. The largest absolute Gasteiger partial charge is 0.436 e. The van der Waals surface area contributed by atoms with Crippen molar-refractivity contribution in [3.05, 3.63) is 111 Å². The van der Waals surface area contributed by atoms with Crippen molar-refractivity contribution < 1.29 is 18.7 Å². The zero-order valence-electron chi connectivity index (χ0n) is 19.7. The van der Waals surface area contributed by atoms with Crippen LogP contribution in [0.2, 0.25) is 10.0 Å². The van der Waals surface area contributed by atoms with E-state index in [0.717, 1.165) is 0 Å². The molecule has 0 unspecified atom stereocenters. The number of halogens is 3. The number of nitrogens with zero attached hydrogens (tertiary/aromatic N) is 1. The molecule has 7 nitrogen and oxygen atoms in total. The summed E-state index contributed by atoms with van der Waals surface area (Å²) in [5, 5.41) is 6.31. The van der Waals surface area contributed by atoms with E-state index >= 15 is 0 Å². The molecule has 0 atom stereocenters. The Kier molecular flexibility index (Phi) is 7.94. The quantitative estimate of drug-likeness (QED) is 0.115. The first-order chi connectivity index (χ1) is 18.8. The lowest BCUT2D eigenvalue weighted by Gasteiger charge is -2.10. The summed E-state index contributed by atoms with van der Waals surface area (Å²) in [4.78, 5) is 29.5. The van der Waals surface area contributed by atoms with Crippen molar-refractivity contribution in [3.63, 3.8) is 0 Å². The highest BCUT2D eigenvalue weighted by atomic mass is 79.9. The number of rotatable bonds is 5. The number of hydrogen-bond acceptors (Lipinski definition) is 6. The number of thiocarbonyl (C=S) groups is 1. The van der Waals surface area contributed by atoms with Crippen LogP contribution in [-0.4, -0.2) is 22.0 Å². The third kappa shape index (κ3) is 6.12. The average molecular weight is 641 g/mol. The van der Waals surface area contributed by atoms with E-state index in [1.807, 2.05) is 0 Å². The van der Waals surface area contributed by atoms with Crippen LogP contribution < -0.4 is 15.4 Å². The van der Waals surface area contributed by atoms with Gasteiger partial charge in [-0.1, -0.05) is 47.5 Å². The van der Waals surface area contributed by atoms with E-state index in [0.29, 0.717) is 54.1 Å². The molecule has 5 aromatic rings. The number of hydrogen-bond donors (Lipinski definition) is 2. The second kappa shape index (κ2) is 11.5. The molecule has 1 amide bonds. The Morgan fingerprint density at radius 3 is 2.28 bits per heavy atom. The Morgan fingerprint density at radius 2 is 1.59 bits per heavy atom. The van der Waals surface area contributed by atoms with Crippen LogP contribution in [0.5, 0.6) is 5.75 Å². The highest BCUT2D eigenvalue weighted by Gasteiger charge is 2.17. The van der Waals surface area contributed by atoms with Crippen molar-refractivity contribution in [2.75, 3.05) is 5.32 Å². The lowest BCUT2D eigenvalue weighted by Crippen LogP contribution is -2.34. The summed E-state index contributed by atoms with van der Waals surface area (Å²) in [7, 11) is 0. The van der Waals surface area contributed by atoms with E-state index in [9.17, 15) is 9.59 Å². The molecular weight excluding hydrogens is 625 g/mol. The summed E-state index contributed by atoms with van der Waals surface area (Å²) >= 11 is 20.9. The van der Waals surface area contributed by atoms with Crippen molar-refractivity contribution >= 4 is 85.1 Å². The number of aromatic nitrogens is 1. The van der Waals surface area contributed by atoms with E-state index in [4.69, 9.17) is 44.6 Å². The molecule has 0 aliphatic rings. The number of amides is 1. The van der Waals surface area contributed by atoms with Gasteiger partial charge in [0.15, 0.2) is 10.7 Å². The van der Waals surface area contributed by atoms with Crippen LogP contribution in [0.1, 0.15) is 20.7 Å². The molecule has 4 aromatic carbocycles. The van der Waals surface area contributed by atoms with Crippen molar-refractivity contribution in [1.29, 1.82) is 0 Å². The number of oxazole rings is 1. The minimum atomic E-state index is -0.572. The number of fused-ring (bicyclic) bond motifs is 1. The summed E-state index contributed by atoms with van der Waals surface area (Å²) in [6.07, 6.45) is 0. The molecule has 11 heteroatoms. The smallest absolute Gasteiger partial charge is 0.345 e. The molecule has 5 rings (SSSR count). The van der Waals surface area contributed by atoms with Crippen LogP contribution in [0.15, 0.2) is 93.8 Å². The summed E-state index contributed by atoms with van der Waals surface area (Å²) in [5.74, 6) is -0.313. The molecule has 0 aliphatic heterocycles. The first-order valence-electron chi connectivity index (χ1n) is 11.3. The highest BCUT2D eigenvalue weighted by molar-refractivity contribution is 9.10. The zero-order valence-corrected chi connectivity index (χ0v) is 23.6. The summed E-state index contributed by atoms with van der Waals surface area (Å²) in [6, 6.07) is 23.7. The van der Waals surface area contributed by atoms with Gasteiger partial charge in [-0.15, -0.1) is 0 Å². The molecule has 0 fully saturated rings. The highest BCUT2D eigenvalue weighted by Crippen LogP contribution is 2.33. The number of nitrogens with one attached hydrogen (secondary N) is 2. The fourth-order valence-corrected chi connectivity index (χ4v) is 4.71. The van der Waals surface area contributed by atoms with E-state index in [1.165, 1.54) is 0 Å². The van der Waals surface area contributed by atoms with Gasteiger partial charge < -0.3 is 14.5 Å². The van der Waals surface area contributed by atoms with Gasteiger partial charge in [-0.05, 0) is 88.8 Å². The van der Waals surface area contributed by atoms with Gasteiger partial charge in [-0.25, -0.2) is 9.78 Å². The number of benzene rings is 4. The van der Waals surface area contributed by atoms with E-state index in [2.05, 4.69) is 31.5 Å². The Morgan fingerprint density at radius 1 is 0.897 bits per heavy atom. The minimum absolute atomic E-state index is 0.105. The molecule has 1 heterocycles. The number of carbonyl (C=O) groups excluding carboxylic acids is 2. The molecule has 194 valence electrons.